The number of ether oxygens (including phenoxy) is 1. The molecule has 6 nitrogen and oxygen atoms in total. The van der Waals surface area contributed by atoms with Crippen molar-refractivity contribution in [2.45, 2.75) is 15.7 Å². The molecule has 3 rings (SSSR count). The molecule has 3 aromatic rings. The van der Waals surface area contributed by atoms with Gasteiger partial charge in [-0.2, -0.15) is 0 Å². The monoisotopic (exact) mass is 414 g/mol. The van der Waals surface area contributed by atoms with Crippen LogP contribution in [0.25, 0.3) is 11.4 Å². The first-order valence-corrected chi connectivity index (χ1v) is 11.2. The quantitative estimate of drug-likeness (QED) is 0.450. The van der Waals surface area contributed by atoms with Crippen molar-refractivity contribution >= 4 is 27.6 Å². The first-order chi connectivity index (χ1) is 13.4. The molecule has 28 heavy (non-hydrogen) atoms. The van der Waals surface area contributed by atoms with E-state index in [1.54, 1.807) is 24.3 Å². The second-order valence-electron chi connectivity index (χ2n) is 6.05. The van der Waals surface area contributed by atoms with Crippen LogP contribution in [-0.4, -0.2) is 37.7 Å². The van der Waals surface area contributed by atoms with Crippen molar-refractivity contribution in [3.8, 4) is 11.4 Å². The third-order valence-corrected chi connectivity index (χ3v) is 5.52. The Hall–Kier alpha value is -2.71. The number of benzene rings is 2. The van der Waals surface area contributed by atoms with Gasteiger partial charge in [0.05, 0.1) is 24.1 Å². The van der Waals surface area contributed by atoms with Crippen LogP contribution >= 0.6 is 11.8 Å². The minimum absolute atomic E-state index is 0.193. The number of rotatable bonds is 6. The maximum atomic E-state index is 12.0. The molecule has 1 heterocycles. The van der Waals surface area contributed by atoms with E-state index in [2.05, 4.69) is 9.97 Å². The van der Waals surface area contributed by atoms with E-state index in [4.69, 9.17) is 4.74 Å². The van der Waals surface area contributed by atoms with Gasteiger partial charge >= 0.3 is 5.97 Å². The minimum atomic E-state index is -3.26. The number of aromatic nitrogens is 2. The van der Waals surface area contributed by atoms with Gasteiger partial charge in [0, 0.05) is 16.7 Å². The molecular formula is C20H18N2O4S2. The van der Waals surface area contributed by atoms with Crippen LogP contribution in [0.2, 0.25) is 0 Å². The molecule has 0 N–H and O–H groups in total. The molecule has 0 amide bonds. The number of carbonyl (C=O) groups is 1. The number of carbonyl (C=O) groups excluding carboxylic acids is 1. The summed E-state index contributed by atoms with van der Waals surface area (Å²) in [4.78, 5) is 21.7. The first kappa shape index (κ1) is 20.0. The zero-order valence-corrected chi connectivity index (χ0v) is 17.0. The highest BCUT2D eigenvalue weighted by atomic mass is 32.2. The summed E-state index contributed by atoms with van der Waals surface area (Å²) >= 11 is 1.26. The van der Waals surface area contributed by atoms with Gasteiger partial charge in [-0.15, -0.1) is 0 Å². The Labute approximate surface area is 167 Å². The number of methoxy groups -OCH3 is 1. The van der Waals surface area contributed by atoms with E-state index in [9.17, 15) is 13.2 Å². The maximum absolute atomic E-state index is 12.0. The van der Waals surface area contributed by atoms with E-state index in [1.165, 1.54) is 18.9 Å². The molecule has 0 atom stereocenters. The van der Waals surface area contributed by atoms with Crippen molar-refractivity contribution in [3.05, 3.63) is 71.9 Å². The Bertz CT molecular complexity index is 1100. The highest BCUT2D eigenvalue weighted by Gasteiger charge is 2.16. The second-order valence-corrected chi connectivity index (χ2v) is 9.25. The third kappa shape index (κ3) is 5.17. The first-order valence-electron chi connectivity index (χ1n) is 8.32. The summed E-state index contributed by atoms with van der Waals surface area (Å²) in [6.45, 7) is 0. The molecule has 0 spiro atoms. The van der Waals surface area contributed by atoms with E-state index in [0.717, 1.165) is 11.8 Å². The molecule has 0 saturated heterocycles. The maximum Gasteiger partial charge on any atom is 0.339 e. The fourth-order valence-corrected chi connectivity index (χ4v) is 4.18. The number of hydrogen-bond donors (Lipinski definition) is 0. The molecule has 144 valence electrons. The van der Waals surface area contributed by atoms with E-state index < -0.39 is 15.8 Å². The van der Waals surface area contributed by atoms with Crippen molar-refractivity contribution in [1.82, 2.24) is 9.97 Å². The lowest BCUT2D eigenvalue weighted by Gasteiger charge is -2.10. The summed E-state index contributed by atoms with van der Waals surface area (Å²) in [5, 5.41) is 0.545. The van der Waals surface area contributed by atoms with Crippen LogP contribution in [-0.2, 0) is 20.3 Å². The zero-order valence-electron chi connectivity index (χ0n) is 15.3. The fourth-order valence-electron chi connectivity index (χ4n) is 2.53. The molecule has 0 aliphatic heterocycles. The van der Waals surface area contributed by atoms with Crippen LogP contribution in [0.3, 0.4) is 0 Å². The molecule has 0 saturated carbocycles. The summed E-state index contributed by atoms with van der Waals surface area (Å²) in [6, 6.07) is 18.0. The Morgan fingerprint density at radius 3 is 2.39 bits per heavy atom. The Balaban J connectivity index is 2.06. The fraction of sp³-hybridized carbons (Fsp3) is 0.150. The van der Waals surface area contributed by atoms with E-state index >= 15 is 0 Å². The summed E-state index contributed by atoms with van der Waals surface area (Å²) in [6.07, 6.45) is 1.16. The molecule has 2 aromatic carbocycles. The number of hydrogen-bond acceptors (Lipinski definition) is 7. The van der Waals surface area contributed by atoms with Crippen LogP contribution in [0.5, 0.6) is 0 Å². The van der Waals surface area contributed by atoms with Crippen LogP contribution in [0.1, 0.15) is 16.1 Å². The lowest BCUT2D eigenvalue weighted by atomic mass is 10.2. The van der Waals surface area contributed by atoms with Crippen molar-refractivity contribution < 1.29 is 17.9 Å². The van der Waals surface area contributed by atoms with Crippen LogP contribution in [0.15, 0.2) is 70.6 Å². The van der Waals surface area contributed by atoms with E-state index in [0.29, 0.717) is 27.0 Å². The summed E-state index contributed by atoms with van der Waals surface area (Å²) in [5.41, 5.74) is 1.59. The van der Waals surface area contributed by atoms with Crippen molar-refractivity contribution in [3.63, 3.8) is 0 Å². The topological polar surface area (TPSA) is 86.2 Å². The van der Waals surface area contributed by atoms with Gasteiger partial charge in [-0.25, -0.2) is 23.2 Å². The van der Waals surface area contributed by atoms with Gasteiger partial charge in [0.25, 0.3) is 0 Å². The van der Waals surface area contributed by atoms with Gasteiger partial charge in [0.15, 0.2) is 15.7 Å². The highest BCUT2D eigenvalue weighted by molar-refractivity contribution is 7.99. The lowest BCUT2D eigenvalue weighted by Crippen LogP contribution is -2.06. The average molecular weight is 415 g/mol. The smallest absolute Gasteiger partial charge is 0.339 e. The second kappa shape index (κ2) is 8.53. The molecule has 0 unspecified atom stereocenters. The van der Waals surface area contributed by atoms with Gasteiger partial charge in [0.1, 0.15) is 5.03 Å². The van der Waals surface area contributed by atoms with Crippen molar-refractivity contribution in [2.75, 3.05) is 13.4 Å². The number of nitrogens with zero attached hydrogens (tertiary/aromatic N) is 2. The highest BCUT2D eigenvalue weighted by Crippen LogP contribution is 2.31. The molecule has 0 bridgehead atoms. The molecule has 0 fully saturated rings. The van der Waals surface area contributed by atoms with Crippen molar-refractivity contribution in [2.24, 2.45) is 0 Å². The molecule has 0 aliphatic carbocycles. The van der Waals surface area contributed by atoms with E-state index in [-0.39, 0.29) is 5.75 Å². The van der Waals surface area contributed by atoms with Gasteiger partial charge in [-0.1, -0.05) is 54.2 Å². The van der Waals surface area contributed by atoms with Gasteiger partial charge in [-0.3, -0.25) is 0 Å². The predicted molar refractivity (Wildman–Crippen MR) is 108 cm³/mol. The van der Waals surface area contributed by atoms with Gasteiger partial charge < -0.3 is 4.74 Å². The van der Waals surface area contributed by atoms with Gasteiger partial charge in [0.2, 0.25) is 0 Å². The van der Waals surface area contributed by atoms with Crippen molar-refractivity contribution in [1.29, 1.82) is 0 Å². The number of esters is 1. The predicted octanol–water partition coefficient (Wildman–Crippen LogP) is 3.63. The molecule has 0 aliphatic rings. The summed E-state index contributed by atoms with van der Waals surface area (Å²) in [5.74, 6) is -0.210. The lowest BCUT2D eigenvalue weighted by molar-refractivity contribution is 0.0597. The molecule has 8 heteroatoms. The average Bonchev–Trinajstić information content (AvgIpc) is 2.67. The standard InChI is InChI=1S/C20H18N2O4S2/c1-26-20(23)16-10-6-7-11-17(16)27-18-12-15(13-28(2,24)25)21-19(22-18)14-8-4-3-5-9-14/h3-12H,13H2,1-2H3. The van der Waals surface area contributed by atoms with Crippen LogP contribution < -0.4 is 0 Å². The Morgan fingerprint density at radius 2 is 1.71 bits per heavy atom. The summed E-state index contributed by atoms with van der Waals surface area (Å²) in [7, 11) is -1.94. The molecule has 1 aromatic heterocycles. The normalized spacial score (nSPS) is 11.2. The van der Waals surface area contributed by atoms with Gasteiger partial charge in [-0.05, 0) is 18.2 Å². The van der Waals surface area contributed by atoms with E-state index in [1.807, 2.05) is 36.4 Å². The minimum Gasteiger partial charge on any atom is -0.465 e. The SMILES string of the molecule is COC(=O)c1ccccc1Sc1cc(CS(C)(=O)=O)nc(-c2ccccc2)n1. The Morgan fingerprint density at radius 1 is 1.04 bits per heavy atom. The van der Waals surface area contributed by atoms with Crippen LogP contribution in [0.4, 0.5) is 0 Å². The molecular weight excluding hydrogens is 396 g/mol. The summed E-state index contributed by atoms with van der Waals surface area (Å²) < 4.78 is 28.4. The zero-order chi connectivity index (χ0) is 20.1. The number of sulfone groups is 1. The largest absolute Gasteiger partial charge is 0.465 e. The third-order valence-electron chi connectivity index (χ3n) is 3.70. The van der Waals surface area contributed by atoms with Crippen LogP contribution in [0, 0.1) is 0 Å². The Kier molecular flexibility index (Phi) is 6.11. The molecule has 0 radical (unpaired) electrons.